The van der Waals surface area contributed by atoms with Gasteiger partial charge in [-0.15, -0.1) is 0 Å². The summed E-state index contributed by atoms with van der Waals surface area (Å²) in [6, 6.07) is 15.8. The number of methoxy groups -OCH3 is 1. The quantitative estimate of drug-likeness (QED) is 0.267. The second kappa shape index (κ2) is 15.3. The Morgan fingerprint density at radius 2 is 1.65 bits per heavy atom. The highest BCUT2D eigenvalue weighted by Crippen LogP contribution is 2.50. The molecule has 2 heterocycles. The van der Waals surface area contributed by atoms with Gasteiger partial charge in [-0.2, -0.15) is 0 Å². The molecule has 9 heteroatoms. The van der Waals surface area contributed by atoms with Gasteiger partial charge in [0.05, 0.1) is 12.0 Å². The first-order valence-electron chi connectivity index (χ1n) is 16.8. The molecule has 3 amide bonds. The number of fused-ring (bicyclic) bond motifs is 2. The molecule has 0 bridgehead atoms. The molecule has 252 valence electrons. The molecule has 0 spiro atoms. The van der Waals surface area contributed by atoms with E-state index in [2.05, 4.69) is 17.4 Å². The molecule has 46 heavy (non-hydrogen) atoms. The van der Waals surface area contributed by atoms with Gasteiger partial charge in [-0.1, -0.05) is 50.2 Å². The van der Waals surface area contributed by atoms with Crippen LogP contribution in [0.5, 0.6) is 11.5 Å². The van der Waals surface area contributed by atoms with E-state index in [0.717, 1.165) is 41.9 Å². The largest absolute Gasteiger partial charge is 0.457 e. The Balaban J connectivity index is 1.63. The summed E-state index contributed by atoms with van der Waals surface area (Å²) in [5.74, 6) is 1.18. The Morgan fingerprint density at radius 3 is 2.22 bits per heavy atom. The van der Waals surface area contributed by atoms with Crippen molar-refractivity contribution in [3.63, 3.8) is 0 Å². The van der Waals surface area contributed by atoms with Crippen LogP contribution in [-0.2, 0) is 24.5 Å². The van der Waals surface area contributed by atoms with Gasteiger partial charge in [-0.25, -0.2) is 4.79 Å². The number of likely N-dealkylation sites (N-methyl/N-ethyl adjacent to an activating group) is 1. The number of amides is 3. The van der Waals surface area contributed by atoms with Crippen LogP contribution in [0.25, 0.3) is 0 Å². The normalized spacial score (nSPS) is 18.7. The fourth-order valence-electron chi connectivity index (χ4n) is 6.84. The van der Waals surface area contributed by atoms with E-state index in [-0.39, 0.29) is 30.3 Å². The maximum Gasteiger partial charge on any atom is 0.410 e. The smallest absolute Gasteiger partial charge is 0.410 e. The van der Waals surface area contributed by atoms with Gasteiger partial charge in [-0.05, 0) is 71.4 Å². The van der Waals surface area contributed by atoms with E-state index in [1.807, 2.05) is 82.8 Å². The van der Waals surface area contributed by atoms with Gasteiger partial charge in [0.25, 0.3) is 0 Å². The average Bonchev–Trinajstić information content (AvgIpc) is 3.01. The lowest BCUT2D eigenvalue weighted by Gasteiger charge is -2.43. The third-order valence-electron chi connectivity index (χ3n) is 8.93. The van der Waals surface area contributed by atoms with Crippen molar-refractivity contribution in [1.82, 2.24) is 15.1 Å². The summed E-state index contributed by atoms with van der Waals surface area (Å²) >= 11 is 0. The van der Waals surface area contributed by atoms with Crippen molar-refractivity contribution in [2.75, 3.05) is 39.9 Å². The summed E-state index contributed by atoms with van der Waals surface area (Å²) in [5.41, 5.74) is 0.884. The summed E-state index contributed by atoms with van der Waals surface area (Å²) < 4.78 is 17.4. The number of piperidine rings is 1. The Morgan fingerprint density at radius 1 is 1.02 bits per heavy atom. The lowest BCUT2D eigenvalue weighted by molar-refractivity contribution is -0.138. The molecule has 9 nitrogen and oxygen atoms in total. The molecule has 0 radical (unpaired) electrons. The predicted molar refractivity (Wildman–Crippen MR) is 179 cm³/mol. The van der Waals surface area contributed by atoms with E-state index in [9.17, 15) is 14.4 Å². The Labute approximate surface area is 274 Å². The van der Waals surface area contributed by atoms with E-state index < -0.39 is 23.0 Å². The van der Waals surface area contributed by atoms with Gasteiger partial charge in [0.2, 0.25) is 11.8 Å². The van der Waals surface area contributed by atoms with E-state index in [1.165, 1.54) is 0 Å². The molecule has 2 aliphatic heterocycles. The van der Waals surface area contributed by atoms with Gasteiger partial charge >= 0.3 is 6.09 Å². The molecule has 0 aliphatic carbocycles. The van der Waals surface area contributed by atoms with Crippen molar-refractivity contribution in [1.29, 1.82) is 0 Å². The molecule has 0 unspecified atom stereocenters. The Hall–Kier alpha value is -3.59. The van der Waals surface area contributed by atoms with Crippen LogP contribution in [-0.4, -0.2) is 79.2 Å². The van der Waals surface area contributed by atoms with E-state index in [0.29, 0.717) is 39.1 Å². The fourth-order valence-corrected chi connectivity index (χ4v) is 6.84. The minimum atomic E-state index is -0.682. The molecule has 2 aromatic rings. The molecular weight excluding hydrogens is 582 g/mol. The lowest BCUT2D eigenvalue weighted by atomic mass is 9.69. The van der Waals surface area contributed by atoms with Gasteiger partial charge in [0.1, 0.15) is 17.1 Å². The standard InChI is InChI=1S/C37H53N3O6/c1-8-40(33(41)21-26(2)3)28-22-27(23-39(24-28)35(43)46-36(4,5)6)34(42)38-25-37(19-13-14-20-44-7)29-15-9-11-17-31(29)45-32-18-12-10-16-30(32)37/h9-12,15-18,26-28H,8,13-14,19-25H2,1-7H3,(H,38,42)/t27-,28+/m0/s1. The highest BCUT2D eigenvalue weighted by molar-refractivity contribution is 5.81. The van der Waals surface area contributed by atoms with E-state index in [4.69, 9.17) is 14.2 Å². The number of hydrogen-bond acceptors (Lipinski definition) is 6. The lowest BCUT2D eigenvalue weighted by Crippen LogP contribution is -2.57. The first kappa shape index (κ1) is 35.3. The van der Waals surface area contributed by atoms with Crippen LogP contribution in [0.2, 0.25) is 0 Å². The van der Waals surface area contributed by atoms with Crippen molar-refractivity contribution in [3.8, 4) is 11.5 Å². The van der Waals surface area contributed by atoms with Crippen LogP contribution in [0.3, 0.4) is 0 Å². The second-order valence-corrected chi connectivity index (χ2v) is 14.1. The number of hydrogen-bond donors (Lipinski definition) is 1. The first-order valence-corrected chi connectivity index (χ1v) is 16.8. The second-order valence-electron chi connectivity index (χ2n) is 14.1. The molecule has 0 aromatic heterocycles. The first-order chi connectivity index (χ1) is 21.9. The van der Waals surface area contributed by atoms with Crippen LogP contribution in [0, 0.1) is 11.8 Å². The van der Waals surface area contributed by atoms with Crippen molar-refractivity contribution < 1.29 is 28.6 Å². The third-order valence-corrected chi connectivity index (χ3v) is 8.93. The molecular formula is C37H53N3O6. The SMILES string of the molecule is CCN(C(=O)CC(C)C)[C@@H]1C[C@H](C(=O)NCC2(CCCCOC)c3ccccc3Oc3ccccc32)CN(C(=O)OC(C)(C)C)C1. The maximum absolute atomic E-state index is 14.2. The van der Waals surface area contributed by atoms with Gasteiger partial charge in [0, 0.05) is 62.9 Å². The van der Waals surface area contributed by atoms with E-state index in [1.54, 1.807) is 12.0 Å². The van der Waals surface area contributed by atoms with Gasteiger partial charge in [0.15, 0.2) is 0 Å². The molecule has 2 atom stereocenters. The Kier molecular flexibility index (Phi) is 11.8. The van der Waals surface area contributed by atoms with Crippen LogP contribution in [0.1, 0.15) is 84.8 Å². The molecule has 4 rings (SSSR count). The number of carbonyl (C=O) groups excluding carboxylic acids is 3. The summed E-state index contributed by atoms with van der Waals surface area (Å²) in [6.45, 7) is 13.6. The Bertz CT molecular complexity index is 1310. The zero-order chi connectivity index (χ0) is 33.5. The number of unbranched alkanes of at least 4 members (excludes halogenated alkanes) is 1. The maximum atomic E-state index is 14.2. The summed E-state index contributed by atoms with van der Waals surface area (Å²) in [6.07, 6.45) is 3.00. The number of carbonyl (C=O) groups is 3. The highest BCUT2D eigenvalue weighted by atomic mass is 16.6. The number of ether oxygens (including phenoxy) is 3. The topological polar surface area (TPSA) is 97.4 Å². The third kappa shape index (κ3) is 8.41. The number of benzene rings is 2. The summed E-state index contributed by atoms with van der Waals surface area (Å²) in [7, 11) is 1.71. The predicted octanol–water partition coefficient (Wildman–Crippen LogP) is 6.53. The molecule has 1 N–H and O–H groups in total. The summed E-state index contributed by atoms with van der Waals surface area (Å²) in [4.78, 5) is 44.3. The number of likely N-dealkylation sites (tertiary alicyclic amines) is 1. The molecule has 1 saturated heterocycles. The van der Waals surface area contributed by atoms with Crippen LogP contribution < -0.4 is 10.1 Å². The molecule has 2 aliphatic rings. The number of para-hydroxylation sites is 2. The fraction of sp³-hybridized carbons (Fsp3) is 0.595. The van der Waals surface area contributed by atoms with Crippen LogP contribution in [0.4, 0.5) is 4.79 Å². The minimum Gasteiger partial charge on any atom is -0.457 e. The zero-order valence-corrected chi connectivity index (χ0v) is 28.8. The van der Waals surface area contributed by atoms with Crippen molar-refractivity contribution in [3.05, 3.63) is 59.7 Å². The van der Waals surface area contributed by atoms with Crippen LogP contribution in [0.15, 0.2) is 48.5 Å². The molecule has 2 aromatic carbocycles. The van der Waals surface area contributed by atoms with Gasteiger partial charge < -0.3 is 29.3 Å². The molecule has 0 saturated carbocycles. The average molecular weight is 636 g/mol. The number of rotatable bonds is 12. The minimum absolute atomic E-state index is 0.0399. The molecule has 1 fully saturated rings. The van der Waals surface area contributed by atoms with E-state index >= 15 is 0 Å². The zero-order valence-electron chi connectivity index (χ0n) is 28.8. The van der Waals surface area contributed by atoms with Gasteiger partial charge in [-0.3, -0.25) is 9.59 Å². The monoisotopic (exact) mass is 635 g/mol. The summed E-state index contributed by atoms with van der Waals surface area (Å²) in [5, 5.41) is 3.32. The number of nitrogens with one attached hydrogen (secondary N) is 1. The van der Waals surface area contributed by atoms with Crippen LogP contribution >= 0.6 is 0 Å². The van der Waals surface area contributed by atoms with Crippen molar-refractivity contribution in [2.24, 2.45) is 11.8 Å². The highest BCUT2D eigenvalue weighted by Gasteiger charge is 2.44. The van der Waals surface area contributed by atoms with Crippen molar-refractivity contribution >= 4 is 17.9 Å². The van der Waals surface area contributed by atoms with Crippen molar-refractivity contribution in [2.45, 2.75) is 90.7 Å². The number of nitrogens with zero attached hydrogens (tertiary/aromatic N) is 2.